The molecule has 0 unspecified atom stereocenters. The van der Waals surface area contributed by atoms with E-state index in [-0.39, 0.29) is 5.69 Å². The Kier molecular flexibility index (Phi) is 2.93. The molecule has 20 heavy (non-hydrogen) atoms. The monoisotopic (exact) mass is 271 g/mol. The summed E-state index contributed by atoms with van der Waals surface area (Å²) < 4.78 is 13.7. The highest BCUT2D eigenvalue weighted by molar-refractivity contribution is 5.85. The molecule has 3 nitrogen and oxygen atoms in total. The van der Waals surface area contributed by atoms with Gasteiger partial charge in [0.25, 0.3) is 0 Å². The Labute approximate surface area is 116 Å². The summed E-state index contributed by atoms with van der Waals surface area (Å²) >= 11 is 0. The molecule has 0 amide bonds. The van der Waals surface area contributed by atoms with Gasteiger partial charge in [-0.05, 0) is 23.3 Å². The maximum Gasteiger partial charge on any atom is 0.330 e. The van der Waals surface area contributed by atoms with Crippen LogP contribution >= 0.6 is 0 Å². The molecular formula is C16H14FNO2. The van der Waals surface area contributed by atoms with Crippen LogP contribution in [0.3, 0.4) is 0 Å². The van der Waals surface area contributed by atoms with E-state index in [4.69, 9.17) is 0 Å². The second-order valence-corrected chi connectivity index (χ2v) is 5.11. The van der Waals surface area contributed by atoms with Crippen molar-refractivity contribution in [2.45, 2.75) is 18.4 Å². The predicted molar refractivity (Wildman–Crippen MR) is 74.2 cm³/mol. The van der Waals surface area contributed by atoms with Crippen LogP contribution in [0.15, 0.2) is 48.5 Å². The number of halogens is 1. The Balaban J connectivity index is 1.96. The first-order valence-corrected chi connectivity index (χ1v) is 6.44. The maximum atomic E-state index is 13.7. The van der Waals surface area contributed by atoms with E-state index in [2.05, 4.69) is 5.32 Å². The van der Waals surface area contributed by atoms with E-state index < -0.39 is 17.3 Å². The molecule has 0 heterocycles. The van der Waals surface area contributed by atoms with Gasteiger partial charge in [0.2, 0.25) is 0 Å². The van der Waals surface area contributed by atoms with Gasteiger partial charge in [-0.25, -0.2) is 9.18 Å². The lowest BCUT2D eigenvalue weighted by atomic mass is 9.95. The first kappa shape index (κ1) is 12.7. The zero-order valence-corrected chi connectivity index (χ0v) is 10.8. The number of para-hydroxylation sites is 1. The highest BCUT2D eigenvalue weighted by Crippen LogP contribution is 2.33. The van der Waals surface area contributed by atoms with Gasteiger partial charge in [0.1, 0.15) is 11.4 Å². The van der Waals surface area contributed by atoms with Gasteiger partial charge in [-0.2, -0.15) is 0 Å². The molecular weight excluding hydrogens is 257 g/mol. The fraction of sp³-hybridized carbons (Fsp3) is 0.188. The van der Waals surface area contributed by atoms with E-state index in [0.717, 1.165) is 11.1 Å². The number of carboxylic acids is 1. The van der Waals surface area contributed by atoms with Crippen LogP contribution in [0.25, 0.3) is 0 Å². The third-order valence-electron chi connectivity index (χ3n) is 3.76. The van der Waals surface area contributed by atoms with Crippen molar-refractivity contribution in [3.8, 4) is 0 Å². The van der Waals surface area contributed by atoms with E-state index in [9.17, 15) is 14.3 Å². The Morgan fingerprint density at radius 2 is 1.60 bits per heavy atom. The normalized spacial score (nSPS) is 15.7. The molecule has 0 aromatic heterocycles. The van der Waals surface area contributed by atoms with E-state index >= 15 is 0 Å². The van der Waals surface area contributed by atoms with Gasteiger partial charge >= 0.3 is 5.97 Å². The van der Waals surface area contributed by atoms with Crippen molar-refractivity contribution in [1.29, 1.82) is 0 Å². The predicted octanol–water partition coefficient (Wildman–Crippen LogP) is 2.86. The molecule has 102 valence electrons. The van der Waals surface area contributed by atoms with Crippen molar-refractivity contribution in [2.75, 3.05) is 5.32 Å². The number of fused-ring (bicyclic) bond motifs is 1. The Hall–Kier alpha value is -2.36. The van der Waals surface area contributed by atoms with Gasteiger partial charge in [-0.15, -0.1) is 0 Å². The molecule has 2 N–H and O–H groups in total. The lowest BCUT2D eigenvalue weighted by Crippen LogP contribution is -2.47. The summed E-state index contributed by atoms with van der Waals surface area (Å²) in [4.78, 5) is 11.7. The largest absolute Gasteiger partial charge is 0.479 e. The van der Waals surface area contributed by atoms with Gasteiger partial charge in [0, 0.05) is 12.8 Å². The SMILES string of the molecule is O=C(O)C1(Nc2ccccc2F)Cc2ccccc2C1. The van der Waals surface area contributed by atoms with Crippen molar-refractivity contribution in [3.05, 3.63) is 65.5 Å². The number of hydrogen-bond acceptors (Lipinski definition) is 2. The van der Waals surface area contributed by atoms with Crippen molar-refractivity contribution in [1.82, 2.24) is 0 Å². The number of anilines is 1. The molecule has 0 aliphatic heterocycles. The number of rotatable bonds is 3. The molecule has 4 heteroatoms. The highest BCUT2D eigenvalue weighted by atomic mass is 19.1. The van der Waals surface area contributed by atoms with Gasteiger partial charge in [0.05, 0.1) is 5.69 Å². The standard InChI is InChI=1S/C16H14FNO2/c17-13-7-3-4-8-14(13)18-16(15(19)20)9-11-5-1-2-6-12(11)10-16/h1-8,18H,9-10H2,(H,19,20). The Bertz CT molecular complexity index is 644. The minimum atomic E-state index is -1.17. The second-order valence-electron chi connectivity index (χ2n) is 5.11. The van der Waals surface area contributed by atoms with E-state index in [0.29, 0.717) is 12.8 Å². The number of benzene rings is 2. The third-order valence-corrected chi connectivity index (χ3v) is 3.76. The second kappa shape index (κ2) is 4.63. The minimum Gasteiger partial charge on any atom is -0.479 e. The molecule has 1 aliphatic carbocycles. The molecule has 0 atom stereocenters. The molecule has 0 bridgehead atoms. The average Bonchev–Trinajstić information content (AvgIpc) is 2.81. The summed E-state index contributed by atoms with van der Waals surface area (Å²) in [6.07, 6.45) is 0.708. The molecule has 0 fully saturated rings. The van der Waals surface area contributed by atoms with Crippen molar-refractivity contribution >= 4 is 11.7 Å². The van der Waals surface area contributed by atoms with Crippen LogP contribution in [0.2, 0.25) is 0 Å². The van der Waals surface area contributed by atoms with Gasteiger partial charge in [-0.3, -0.25) is 0 Å². The van der Waals surface area contributed by atoms with Crippen molar-refractivity contribution < 1.29 is 14.3 Å². The number of carbonyl (C=O) groups is 1. The molecule has 0 saturated heterocycles. The highest BCUT2D eigenvalue weighted by Gasteiger charge is 2.44. The number of carboxylic acid groups (broad SMARTS) is 1. The number of nitrogens with one attached hydrogen (secondary N) is 1. The fourth-order valence-electron chi connectivity index (χ4n) is 2.73. The van der Waals surface area contributed by atoms with Crippen molar-refractivity contribution in [3.63, 3.8) is 0 Å². The summed E-state index contributed by atoms with van der Waals surface area (Å²) in [6, 6.07) is 13.8. The summed E-state index contributed by atoms with van der Waals surface area (Å²) in [5, 5.41) is 12.5. The quantitative estimate of drug-likeness (QED) is 0.902. The first-order valence-electron chi connectivity index (χ1n) is 6.44. The van der Waals surface area contributed by atoms with E-state index in [1.807, 2.05) is 24.3 Å². The fourth-order valence-corrected chi connectivity index (χ4v) is 2.73. The molecule has 0 spiro atoms. The van der Waals surface area contributed by atoms with Crippen LogP contribution in [-0.2, 0) is 17.6 Å². The van der Waals surface area contributed by atoms with E-state index in [1.54, 1.807) is 18.2 Å². The van der Waals surface area contributed by atoms with Crippen LogP contribution < -0.4 is 5.32 Å². The van der Waals surface area contributed by atoms with Crippen molar-refractivity contribution in [2.24, 2.45) is 0 Å². The summed E-state index contributed by atoms with van der Waals surface area (Å²) in [6.45, 7) is 0. The van der Waals surface area contributed by atoms with Gasteiger partial charge in [-0.1, -0.05) is 36.4 Å². The van der Waals surface area contributed by atoms with Crippen LogP contribution in [-0.4, -0.2) is 16.6 Å². The summed E-state index contributed by atoms with van der Waals surface area (Å²) in [5.74, 6) is -1.40. The van der Waals surface area contributed by atoms with Gasteiger partial charge in [0.15, 0.2) is 0 Å². The zero-order chi connectivity index (χ0) is 14.2. The lowest BCUT2D eigenvalue weighted by molar-refractivity contribution is -0.142. The third kappa shape index (κ3) is 2.03. The van der Waals surface area contributed by atoms with Gasteiger partial charge < -0.3 is 10.4 Å². The Morgan fingerprint density at radius 3 is 2.15 bits per heavy atom. The van der Waals surface area contributed by atoms with Crippen LogP contribution in [0, 0.1) is 5.82 Å². The number of hydrogen-bond donors (Lipinski definition) is 2. The van der Waals surface area contributed by atoms with Crippen LogP contribution in [0.5, 0.6) is 0 Å². The zero-order valence-electron chi connectivity index (χ0n) is 10.8. The summed E-state index contributed by atoms with van der Waals surface area (Å²) in [7, 11) is 0. The molecule has 1 aliphatic rings. The maximum absolute atomic E-state index is 13.7. The van der Waals surface area contributed by atoms with Crippen LogP contribution in [0.1, 0.15) is 11.1 Å². The number of aliphatic carboxylic acids is 1. The average molecular weight is 271 g/mol. The lowest BCUT2D eigenvalue weighted by Gasteiger charge is -2.27. The molecule has 2 aromatic carbocycles. The Morgan fingerprint density at radius 1 is 1.05 bits per heavy atom. The molecule has 0 saturated carbocycles. The van der Waals surface area contributed by atoms with E-state index in [1.165, 1.54) is 6.07 Å². The molecule has 2 aromatic rings. The first-order chi connectivity index (χ1) is 9.61. The van der Waals surface area contributed by atoms with Crippen LogP contribution in [0.4, 0.5) is 10.1 Å². The topological polar surface area (TPSA) is 49.3 Å². The molecule has 0 radical (unpaired) electrons. The summed E-state index contributed by atoms with van der Waals surface area (Å²) in [5.41, 5.74) is 1.05. The smallest absolute Gasteiger partial charge is 0.330 e. The minimum absolute atomic E-state index is 0.225. The molecule has 3 rings (SSSR count).